The second kappa shape index (κ2) is 10.0. The number of hydrogen-bond acceptors (Lipinski definition) is 7. The lowest BCUT2D eigenvalue weighted by atomic mass is 10.1. The van der Waals surface area contributed by atoms with Crippen molar-refractivity contribution in [3.63, 3.8) is 0 Å². The van der Waals surface area contributed by atoms with Crippen LogP contribution in [-0.4, -0.2) is 52.6 Å². The number of ether oxygens (including phenoxy) is 2. The number of benzene rings is 1. The van der Waals surface area contributed by atoms with Crippen molar-refractivity contribution >= 4 is 45.5 Å². The molecule has 9 nitrogen and oxygen atoms in total. The summed E-state index contributed by atoms with van der Waals surface area (Å²) < 4.78 is 18.4. The van der Waals surface area contributed by atoms with E-state index in [4.69, 9.17) is 25.5 Å². The van der Waals surface area contributed by atoms with Crippen LogP contribution in [0.15, 0.2) is 34.9 Å². The van der Waals surface area contributed by atoms with Gasteiger partial charge in [-0.3, -0.25) is 4.90 Å². The molecular weight excluding hydrogens is 460 g/mol. The molecule has 3 aromatic heterocycles. The van der Waals surface area contributed by atoms with Crippen LogP contribution in [0.3, 0.4) is 0 Å². The van der Waals surface area contributed by atoms with Crippen molar-refractivity contribution in [3.8, 4) is 0 Å². The van der Waals surface area contributed by atoms with E-state index in [1.54, 1.807) is 44.5 Å². The molecule has 0 saturated carbocycles. The van der Waals surface area contributed by atoms with Crippen molar-refractivity contribution in [1.29, 1.82) is 0 Å². The van der Waals surface area contributed by atoms with Gasteiger partial charge in [-0.05, 0) is 44.5 Å². The zero-order valence-corrected chi connectivity index (χ0v) is 20.3. The molecule has 0 fully saturated rings. The summed E-state index contributed by atoms with van der Waals surface area (Å²) in [6.07, 6.45) is 0.375. The summed E-state index contributed by atoms with van der Waals surface area (Å²) in [5.41, 5.74) is 2.73. The molecule has 180 valence electrons. The first kappa shape index (κ1) is 24.0. The van der Waals surface area contributed by atoms with E-state index in [-0.39, 0.29) is 12.4 Å². The van der Waals surface area contributed by atoms with E-state index in [9.17, 15) is 9.90 Å². The molecule has 0 spiro atoms. The molecular formula is C24H27ClN4O5. The molecule has 34 heavy (non-hydrogen) atoms. The van der Waals surface area contributed by atoms with E-state index in [1.807, 2.05) is 18.5 Å². The number of aliphatic hydroxyl groups is 1. The van der Waals surface area contributed by atoms with Crippen molar-refractivity contribution in [2.75, 3.05) is 31.8 Å². The molecule has 0 bridgehead atoms. The Morgan fingerprint density at radius 1 is 1.35 bits per heavy atom. The zero-order valence-electron chi connectivity index (χ0n) is 19.5. The molecule has 10 heteroatoms. The standard InChI is InChI=1S/C24H27ClN4O5/c1-5-33-24(31)29(9-6-10-32-4)20-17-12-16(25)7-8-19(17)34-22(20)21(30)15-11-18-23(26-13-15)28(3)14(2)27-18/h7-8,11-13,21,30H,5-6,9-10H2,1-4H3. The van der Waals surface area contributed by atoms with Crippen LogP contribution in [0.4, 0.5) is 10.5 Å². The number of methoxy groups -OCH3 is 1. The minimum absolute atomic E-state index is 0.191. The predicted octanol–water partition coefficient (Wildman–Crippen LogP) is 4.76. The number of carbonyl (C=O) groups is 1. The second-order valence-corrected chi connectivity index (χ2v) is 8.32. The van der Waals surface area contributed by atoms with Crippen LogP contribution >= 0.6 is 11.6 Å². The van der Waals surface area contributed by atoms with Crippen LogP contribution in [0, 0.1) is 6.92 Å². The molecule has 4 aromatic rings. The van der Waals surface area contributed by atoms with E-state index >= 15 is 0 Å². The van der Waals surface area contributed by atoms with Gasteiger partial charge in [0.1, 0.15) is 23.0 Å². The van der Waals surface area contributed by atoms with Crippen LogP contribution in [0.1, 0.15) is 36.6 Å². The third-order valence-corrected chi connectivity index (χ3v) is 5.89. The summed E-state index contributed by atoms with van der Waals surface area (Å²) >= 11 is 6.27. The smallest absolute Gasteiger partial charge is 0.414 e. The zero-order chi connectivity index (χ0) is 24.4. The van der Waals surface area contributed by atoms with Crippen LogP contribution in [0.5, 0.6) is 0 Å². The van der Waals surface area contributed by atoms with Gasteiger partial charge in [0.05, 0.1) is 12.3 Å². The van der Waals surface area contributed by atoms with Gasteiger partial charge in [0, 0.05) is 49.5 Å². The van der Waals surface area contributed by atoms with Gasteiger partial charge in [0.2, 0.25) is 0 Å². The van der Waals surface area contributed by atoms with Crippen LogP contribution in [-0.2, 0) is 16.5 Å². The molecule has 1 atom stereocenters. The summed E-state index contributed by atoms with van der Waals surface area (Å²) in [4.78, 5) is 23.4. The van der Waals surface area contributed by atoms with Crippen molar-refractivity contribution in [1.82, 2.24) is 14.5 Å². The highest BCUT2D eigenvalue weighted by atomic mass is 35.5. The Balaban J connectivity index is 1.86. The summed E-state index contributed by atoms with van der Waals surface area (Å²) in [6, 6.07) is 6.87. The van der Waals surface area contributed by atoms with E-state index in [0.29, 0.717) is 58.0 Å². The Bertz CT molecular complexity index is 1330. The lowest BCUT2D eigenvalue weighted by Gasteiger charge is -2.23. The minimum atomic E-state index is -1.21. The highest BCUT2D eigenvalue weighted by Gasteiger charge is 2.30. The SMILES string of the molecule is CCOC(=O)N(CCCOC)c1c(C(O)c2cnc3c(c2)nc(C)n3C)oc2ccc(Cl)cc12. The number of hydrogen-bond donors (Lipinski definition) is 1. The summed E-state index contributed by atoms with van der Waals surface area (Å²) in [5, 5.41) is 12.5. The fraction of sp³-hybridized carbons (Fsp3) is 0.375. The number of aromatic nitrogens is 3. The fourth-order valence-electron chi connectivity index (χ4n) is 3.91. The van der Waals surface area contributed by atoms with Gasteiger partial charge in [-0.25, -0.2) is 14.8 Å². The van der Waals surface area contributed by atoms with Crippen molar-refractivity contribution in [2.45, 2.75) is 26.4 Å². The van der Waals surface area contributed by atoms with Crippen LogP contribution in [0.25, 0.3) is 22.1 Å². The van der Waals surface area contributed by atoms with Gasteiger partial charge < -0.3 is 23.6 Å². The number of aliphatic hydroxyl groups excluding tert-OH is 1. The van der Waals surface area contributed by atoms with Gasteiger partial charge in [0.15, 0.2) is 11.4 Å². The summed E-state index contributed by atoms with van der Waals surface area (Å²) in [5.74, 6) is 0.997. The average molecular weight is 487 g/mol. The monoisotopic (exact) mass is 486 g/mol. The third kappa shape index (κ3) is 4.46. The molecule has 1 unspecified atom stereocenters. The van der Waals surface area contributed by atoms with Gasteiger partial charge in [-0.2, -0.15) is 0 Å². The highest BCUT2D eigenvalue weighted by molar-refractivity contribution is 6.31. The van der Waals surface area contributed by atoms with E-state index in [0.717, 1.165) is 5.82 Å². The Labute approximate surface area is 201 Å². The third-order valence-electron chi connectivity index (χ3n) is 5.66. The van der Waals surface area contributed by atoms with Crippen molar-refractivity contribution in [2.24, 2.45) is 7.05 Å². The molecule has 1 amide bonds. The van der Waals surface area contributed by atoms with Crippen molar-refractivity contribution < 1.29 is 23.8 Å². The van der Waals surface area contributed by atoms with Crippen molar-refractivity contribution in [3.05, 3.63) is 52.6 Å². The first-order valence-corrected chi connectivity index (χ1v) is 11.4. The maximum absolute atomic E-state index is 13.0. The highest BCUT2D eigenvalue weighted by Crippen LogP contribution is 2.41. The minimum Gasteiger partial charge on any atom is -0.456 e. The lowest BCUT2D eigenvalue weighted by molar-refractivity contribution is 0.156. The maximum atomic E-state index is 13.0. The lowest BCUT2D eigenvalue weighted by Crippen LogP contribution is -2.34. The van der Waals surface area contributed by atoms with Gasteiger partial charge in [-0.1, -0.05) is 11.6 Å². The predicted molar refractivity (Wildman–Crippen MR) is 129 cm³/mol. The Hall–Kier alpha value is -3.14. The summed E-state index contributed by atoms with van der Waals surface area (Å²) in [7, 11) is 3.48. The second-order valence-electron chi connectivity index (χ2n) is 7.88. The number of pyridine rings is 1. The van der Waals surface area contributed by atoms with Crippen LogP contribution in [0.2, 0.25) is 5.02 Å². The molecule has 0 radical (unpaired) electrons. The molecule has 4 rings (SSSR count). The summed E-state index contributed by atoms with van der Waals surface area (Å²) in [6.45, 7) is 4.57. The Morgan fingerprint density at radius 3 is 2.88 bits per heavy atom. The Kier molecular flexibility index (Phi) is 7.06. The number of rotatable bonds is 8. The number of imidazole rings is 1. The topological polar surface area (TPSA) is 103 Å². The number of furan rings is 1. The van der Waals surface area contributed by atoms with Gasteiger partial charge in [0.25, 0.3) is 0 Å². The first-order valence-electron chi connectivity index (χ1n) is 11.0. The van der Waals surface area contributed by atoms with Gasteiger partial charge >= 0.3 is 6.09 Å². The number of anilines is 1. The number of fused-ring (bicyclic) bond motifs is 2. The van der Waals surface area contributed by atoms with Crippen LogP contribution < -0.4 is 4.90 Å². The maximum Gasteiger partial charge on any atom is 0.414 e. The number of halogens is 1. The normalized spacial score (nSPS) is 12.4. The molecule has 0 aliphatic heterocycles. The number of amides is 1. The first-order chi connectivity index (χ1) is 16.3. The fourth-order valence-corrected chi connectivity index (χ4v) is 4.08. The number of nitrogens with zero attached hydrogens (tertiary/aromatic N) is 4. The quantitative estimate of drug-likeness (QED) is 0.358. The van der Waals surface area contributed by atoms with E-state index in [1.165, 1.54) is 4.90 Å². The molecule has 0 saturated heterocycles. The molecule has 3 heterocycles. The Morgan fingerprint density at radius 2 is 2.15 bits per heavy atom. The molecule has 0 aliphatic carbocycles. The van der Waals surface area contributed by atoms with E-state index in [2.05, 4.69) is 9.97 Å². The number of aryl methyl sites for hydroxylation is 2. The molecule has 0 aliphatic rings. The average Bonchev–Trinajstić information content (AvgIpc) is 3.32. The molecule has 1 N–H and O–H groups in total. The molecule has 1 aromatic carbocycles. The largest absolute Gasteiger partial charge is 0.456 e. The van der Waals surface area contributed by atoms with E-state index < -0.39 is 12.2 Å². The van der Waals surface area contributed by atoms with Gasteiger partial charge in [-0.15, -0.1) is 0 Å². The number of carbonyl (C=O) groups excluding carboxylic acids is 1.